The van der Waals surface area contributed by atoms with Gasteiger partial charge in [0, 0.05) is 5.92 Å². The number of esters is 1. The van der Waals surface area contributed by atoms with Gasteiger partial charge in [-0.2, -0.15) is 13.2 Å². The minimum atomic E-state index is -4.56. The zero-order chi connectivity index (χ0) is 11.0. The quantitative estimate of drug-likeness (QED) is 0.618. The molecule has 0 aromatic rings. The summed E-state index contributed by atoms with van der Waals surface area (Å²) in [5.74, 6) is -2.50. The van der Waals surface area contributed by atoms with Crippen LogP contribution in [-0.4, -0.2) is 29.5 Å². The van der Waals surface area contributed by atoms with Crippen molar-refractivity contribution in [2.24, 2.45) is 17.3 Å². The third-order valence-electron chi connectivity index (χ3n) is 4.10. The molecule has 0 amide bonds. The number of carbonyl (C=O) groups is 1. The number of aliphatic hydroxyl groups is 1. The van der Waals surface area contributed by atoms with Crippen LogP contribution >= 0.6 is 0 Å². The van der Waals surface area contributed by atoms with Gasteiger partial charge in [0.15, 0.2) is 5.41 Å². The van der Waals surface area contributed by atoms with E-state index in [0.717, 1.165) is 0 Å². The molecule has 0 spiro atoms. The van der Waals surface area contributed by atoms with Crippen molar-refractivity contribution in [1.29, 1.82) is 0 Å². The van der Waals surface area contributed by atoms with Gasteiger partial charge in [-0.1, -0.05) is 0 Å². The van der Waals surface area contributed by atoms with Crippen LogP contribution in [0.1, 0.15) is 12.8 Å². The molecule has 3 nitrogen and oxygen atoms in total. The first-order chi connectivity index (χ1) is 6.88. The smallest absolute Gasteiger partial charge is 0.405 e. The van der Waals surface area contributed by atoms with Gasteiger partial charge in [0.25, 0.3) is 0 Å². The number of fused-ring (bicyclic) bond motifs is 1. The molecule has 3 fully saturated rings. The lowest BCUT2D eigenvalue weighted by atomic mass is 9.73. The van der Waals surface area contributed by atoms with Crippen LogP contribution in [0, 0.1) is 17.3 Å². The number of alkyl halides is 3. The first kappa shape index (κ1) is 9.45. The lowest BCUT2D eigenvalue weighted by molar-refractivity contribution is -0.230. The number of hydrogen-bond donors (Lipinski definition) is 1. The molecular weight excluding hydrogens is 213 g/mol. The molecule has 2 saturated carbocycles. The molecule has 3 aliphatic rings. The van der Waals surface area contributed by atoms with Gasteiger partial charge in [0.2, 0.25) is 0 Å². The highest BCUT2D eigenvalue weighted by molar-refractivity contribution is 5.82. The third-order valence-corrected chi connectivity index (χ3v) is 4.10. The Morgan fingerprint density at radius 3 is 2.67 bits per heavy atom. The number of rotatable bonds is 0. The van der Waals surface area contributed by atoms with E-state index in [1.165, 1.54) is 0 Å². The summed E-state index contributed by atoms with van der Waals surface area (Å²) < 4.78 is 43.4. The first-order valence-electron chi connectivity index (χ1n) is 4.84. The van der Waals surface area contributed by atoms with Crippen molar-refractivity contribution in [3.63, 3.8) is 0 Å². The van der Waals surface area contributed by atoms with Gasteiger partial charge in [-0.3, -0.25) is 4.79 Å². The molecule has 1 saturated heterocycles. The zero-order valence-corrected chi connectivity index (χ0v) is 7.62. The summed E-state index contributed by atoms with van der Waals surface area (Å²) in [6.07, 6.45) is -6.46. The van der Waals surface area contributed by atoms with E-state index in [0.29, 0.717) is 0 Å². The second-order valence-electron chi connectivity index (χ2n) is 4.64. The normalized spacial score (nSPS) is 52.4. The number of halogens is 3. The topological polar surface area (TPSA) is 46.5 Å². The average Bonchev–Trinajstić information content (AvgIpc) is 2.66. The Bertz CT molecular complexity index is 340. The summed E-state index contributed by atoms with van der Waals surface area (Å²) in [4.78, 5) is 11.4. The molecule has 15 heavy (non-hydrogen) atoms. The summed E-state index contributed by atoms with van der Waals surface area (Å²) in [5.41, 5.74) is -2.32. The lowest BCUT2D eigenvalue weighted by Gasteiger charge is -2.31. The predicted molar refractivity (Wildman–Crippen MR) is 40.6 cm³/mol. The highest BCUT2D eigenvalue weighted by atomic mass is 19.4. The Morgan fingerprint density at radius 2 is 2.13 bits per heavy atom. The van der Waals surface area contributed by atoms with Crippen molar-refractivity contribution in [3.05, 3.63) is 0 Å². The molecule has 0 aromatic carbocycles. The van der Waals surface area contributed by atoms with Crippen molar-refractivity contribution < 1.29 is 27.8 Å². The Kier molecular flexibility index (Phi) is 1.46. The van der Waals surface area contributed by atoms with E-state index in [4.69, 9.17) is 0 Å². The Labute approximate surface area is 83.2 Å². The molecular formula is C9H9F3O3. The van der Waals surface area contributed by atoms with Gasteiger partial charge in [0.05, 0.1) is 6.10 Å². The fraction of sp³-hybridized carbons (Fsp3) is 0.889. The van der Waals surface area contributed by atoms with Crippen molar-refractivity contribution in [3.8, 4) is 0 Å². The van der Waals surface area contributed by atoms with Gasteiger partial charge >= 0.3 is 12.1 Å². The van der Waals surface area contributed by atoms with Crippen LogP contribution in [0.25, 0.3) is 0 Å². The molecule has 1 N–H and O–H groups in total. The fourth-order valence-corrected chi connectivity index (χ4v) is 3.41. The zero-order valence-electron chi connectivity index (χ0n) is 7.62. The minimum absolute atomic E-state index is 0.247. The van der Waals surface area contributed by atoms with E-state index < -0.39 is 41.6 Å². The number of hydrogen-bond acceptors (Lipinski definition) is 3. The maximum atomic E-state index is 12.9. The third kappa shape index (κ3) is 0.814. The molecule has 5 atom stereocenters. The second kappa shape index (κ2) is 2.31. The van der Waals surface area contributed by atoms with Crippen molar-refractivity contribution in [2.75, 3.05) is 0 Å². The van der Waals surface area contributed by atoms with E-state index >= 15 is 0 Å². The summed E-state index contributed by atoms with van der Waals surface area (Å²) in [6, 6.07) is 0. The van der Waals surface area contributed by atoms with E-state index in [2.05, 4.69) is 4.74 Å². The van der Waals surface area contributed by atoms with E-state index in [-0.39, 0.29) is 12.8 Å². The van der Waals surface area contributed by atoms with Crippen LogP contribution < -0.4 is 0 Å². The Hall–Kier alpha value is -0.780. The molecule has 3 unspecified atom stereocenters. The molecule has 6 heteroatoms. The predicted octanol–water partition coefficient (Wildman–Crippen LogP) is 0.861. The largest absolute Gasteiger partial charge is 0.459 e. The van der Waals surface area contributed by atoms with Crippen LogP contribution in [0.2, 0.25) is 0 Å². The SMILES string of the molecule is O=C1OC2C(O)[C@H]3C[C@@H]2C1(C(F)(F)F)C3. The molecule has 1 aliphatic heterocycles. The summed E-state index contributed by atoms with van der Waals surface area (Å²) >= 11 is 0. The Morgan fingerprint density at radius 1 is 1.47 bits per heavy atom. The van der Waals surface area contributed by atoms with Crippen molar-refractivity contribution >= 4 is 5.97 Å². The van der Waals surface area contributed by atoms with Gasteiger partial charge in [0.1, 0.15) is 6.10 Å². The molecule has 84 valence electrons. The van der Waals surface area contributed by atoms with E-state index in [1.54, 1.807) is 0 Å². The monoisotopic (exact) mass is 222 g/mol. The average molecular weight is 222 g/mol. The molecule has 2 aliphatic carbocycles. The van der Waals surface area contributed by atoms with Crippen LogP contribution in [0.15, 0.2) is 0 Å². The number of carbonyl (C=O) groups excluding carboxylic acids is 1. The van der Waals surface area contributed by atoms with Crippen LogP contribution in [-0.2, 0) is 9.53 Å². The summed E-state index contributed by atoms with van der Waals surface area (Å²) in [7, 11) is 0. The van der Waals surface area contributed by atoms with Crippen LogP contribution in [0.4, 0.5) is 13.2 Å². The van der Waals surface area contributed by atoms with Crippen molar-refractivity contribution in [1.82, 2.24) is 0 Å². The van der Waals surface area contributed by atoms with Crippen LogP contribution in [0.5, 0.6) is 0 Å². The lowest BCUT2D eigenvalue weighted by Crippen LogP contribution is -2.47. The molecule has 0 aromatic heterocycles. The number of aliphatic hydroxyl groups excluding tert-OH is 1. The summed E-state index contributed by atoms with van der Waals surface area (Å²) in [5, 5.41) is 9.56. The summed E-state index contributed by atoms with van der Waals surface area (Å²) in [6.45, 7) is 0. The van der Waals surface area contributed by atoms with Gasteiger partial charge in [-0.25, -0.2) is 0 Å². The molecule has 0 radical (unpaired) electrons. The highest BCUT2D eigenvalue weighted by Gasteiger charge is 2.79. The fourth-order valence-electron chi connectivity index (χ4n) is 3.41. The van der Waals surface area contributed by atoms with E-state index in [9.17, 15) is 23.1 Å². The van der Waals surface area contributed by atoms with E-state index in [1.807, 2.05) is 0 Å². The maximum absolute atomic E-state index is 12.9. The molecule has 3 rings (SSSR count). The highest BCUT2D eigenvalue weighted by Crippen LogP contribution is 2.67. The molecule has 1 heterocycles. The standard InChI is InChI=1S/C9H9F3O3/c10-9(11,12)8-2-3-1-4(8)6(5(3)13)15-7(8)14/h3-6,13H,1-2H2/t3-,4-,5?,6?,8?/m0/s1. The van der Waals surface area contributed by atoms with Crippen molar-refractivity contribution in [2.45, 2.75) is 31.2 Å². The molecule has 2 bridgehead atoms. The van der Waals surface area contributed by atoms with Gasteiger partial charge < -0.3 is 9.84 Å². The van der Waals surface area contributed by atoms with Gasteiger partial charge in [-0.05, 0) is 18.8 Å². The Balaban J connectivity index is 2.10. The number of ether oxygens (including phenoxy) is 1. The first-order valence-corrected chi connectivity index (χ1v) is 4.84. The second-order valence-corrected chi connectivity index (χ2v) is 4.64. The van der Waals surface area contributed by atoms with Crippen LogP contribution in [0.3, 0.4) is 0 Å². The minimum Gasteiger partial charge on any atom is -0.459 e. The van der Waals surface area contributed by atoms with Gasteiger partial charge in [-0.15, -0.1) is 0 Å². The maximum Gasteiger partial charge on any atom is 0.405 e.